The maximum atomic E-state index is 13.3. The van der Waals surface area contributed by atoms with Crippen LogP contribution in [0.15, 0.2) is 41.3 Å². The fourth-order valence-electron chi connectivity index (χ4n) is 4.18. The van der Waals surface area contributed by atoms with E-state index >= 15 is 0 Å². The highest BCUT2D eigenvalue weighted by Crippen LogP contribution is 2.42. The number of thioether (sulfide) groups is 1. The van der Waals surface area contributed by atoms with Crippen molar-refractivity contribution in [2.75, 3.05) is 13.1 Å². The van der Waals surface area contributed by atoms with Crippen LogP contribution < -0.4 is 0 Å². The summed E-state index contributed by atoms with van der Waals surface area (Å²) in [4.78, 5) is 20.7. The summed E-state index contributed by atoms with van der Waals surface area (Å²) in [5.74, 6) is 0.578. The number of benzene rings is 1. The molecule has 0 spiro atoms. The molecule has 1 aromatic carbocycles. The van der Waals surface area contributed by atoms with Gasteiger partial charge in [-0.15, -0.1) is 11.8 Å². The lowest BCUT2D eigenvalue weighted by atomic mass is 9.72. The van der Waals surface area contributed by atoms with Crippen molar-refractivity contribution >= 4 is 40.9 Å². The highest BCUT2D eigenvalue weighted by molar-refractivity contribution is 7.98. The number of rotatable bonds is 5. The molecule has 0 N–H and O–H groups in total. The Morgan fingerprint density at radius 3 is 2.67 bits per heavy atom. The Morgan fingerprint density at radius 2 is 1.93 bits per heavy atom. The van der Waals surface area contributed by atoms with Crippen molar-refractivity contribution in [2.24, 2.45) is 10.8 Å². The molecule has 6 heteroatoms. The van der Waals surface area contributed by atoms with Gasteiger partial charge in [-0.25, -0.2) is 4.98 Å². The van der Waals surface area contributed by atoms with Crippen molar-refractivity contribution in [3.63, 3.8) is 0 Å². The van der Waals surface area contributed by atoms with Crippen molar-refractivity contribution in [3.8, 4) is 0 Å². The Kier molecular flexibility index (Phi) is 7.42. The van der Waals surface area contributed by atoms with Gasteiger partial charge in [-0.05, 0) is 61.3 Å². The zero-order valence-electron chi connectivity index (χ0n) is 17.8. The normalized spacial score (nSPS) is 21.3. The first-order valence-electron chi connectivity index (χ1n) is 10.1. The van der Waals surface area contributed by atoms with E-state index in [0.29, 0.717) is 34.5 Å². The second-order valence-corrected chi connectivity index (χ2v) is 11.0. The molecule has 0 bridgehead atoms. The number of amides is 1. The van der Waals surface area contributed by atoms with E-state index in [2.05, 4.69) is 25.8 Å². The first-order chi connectivity index (χ1) is 14.1. The van der Waals surface area contributed by atoms with Crippen LogP contribution in [0.2, 0.25) is 10.0 Å². The van der Waals surface area contributed by atoms with E-state index in [-0.39, 0.29) is 16.7 Å². The van der Waals surface area contributed by atoms with E-state index in [1.54, 1.807) is 23.9 Å². The van der Waals surface area contributed by atoms with Gasteiger partial charge in [-0.1, -0.05) is 56.1 Å². The van der Waals surface area contributed by atoms with Gasteiger partial charge in [0, 0.05) is 23.7 Å². The van der Waals surface area contributed by atoms with E-state index in [4.69, 9.17) is 30.1 Å². The fourth-order valence-corrected chi connectivity index (χ4v) is 5.57. The van der Waals surface area contributed by atoms with Gasteiger partial charge in [-0.3, -0.25) is 4.79 Å². The number of halogens is 2. The summed E-state index contributed by atoms with van der Waals surface area (Å²) in [6.45, 7) is 14.2. The Bertz CT molecular complexity index is 918. The topological polar surface area (TPSA) is 33.2 Å². The first-order valence-corrected chi connectivity index (χ1v) is 11.9. The van der Waals surface area contributed by atoms with Gasteiger partial charge in [0.25, 0.3) is 5.91 Å². The number of nitrogens with zero attached hydrogens (tertiary/aromatic N) is 2. The number of carbonyl (C=O) groups is 1. The second kappa shape index (κ2) is 9.50. The van der Waals surface area contributed by atoms with Crippen molar-refractivity contribution in [1.29, 1.82) is 0 Å². The summed E-state index contributed by atoms with van der Waals surface area (Å²) >= 11 is 13.9. The molecule has 1 aliphatic heterocycles. The third-order valence-corrected chi connectivity index (χ3v) is 7.66. The largest absolute Gasteiger partial charge is 0.337 e. The predicted molar refractivity (Wildman–Crippen MR) is 126 cm³/mol. The highest BCUT2D eigenvalue weighted by Gasteiger charge is 2.38. The number of hydrogen-bond donors (Lipinski definition) is 0. The smallest absolute Gasteiger partial charge is 0.272 e. The van der Waals surface area contributed by atoms with Crippen LogP contribution in [-0.2, 0) is 5.75 Å². The average Bonchev–Trinajstić information content (AvgIpc) is 2.84. The van der Waals surface area contributed by atoms with Gasteiger partial charge < -0.3 is 4.90 Å². The summed E-state index contributed by atoms with van der Waals surface area (Å²) in [5, 5.41) is 1.08. The van der Waals surface area contributed by atoms with E-state index in [9.17, 15) is 4.79 Å². The summed E-state index contributed by atoms with van der Waals surface area (Å²) in [5.41, 5.74) is 1.38. The molecule has 0 aliphatic carbocycles. The minimum Gasteiger partial charge on any atom is -0.337 e. The average molecular weight is 463 g/mol. The molecule has 30 heavy (non-hydrogen) atoms. The molecule has 1 aromatic heterocycles. The minimum absolute atomic E-state index is 0.0278. The number of hydrogen-bond acceptors (Lipinski definition) is 3. The first kappa shape index (κ1) is 23.4. The molecule has 2 radical (unpaired) electrons. The molecule has 1 atom stereocenters. The van der Waals surface area contributed by atoms with Crippen LogP contribution >= 0.6 is 35.0 Å². The highest BCUT2D eigenvalue weighted by atomic mass is 35.5. The van der Waals surface area contributed by atoms with Crippen molar-refractivity contribution in [1.82, 2.24) is 9.88 Å². The molecule has 3 rings (SSSR count). The molecule has 1 amide bonds. The second-order valence-electron chi connectivity index (χ2n) is 9.19. The molecule has 1 aliphatic rings. The van der Waals surface area contributed by atoms with Gasteiger partial charge >= 0.3 is 0 Å². The molecule has 2 heterocycles. The third kappa shape index (κ3) is 5.72. The standard InChI is InChI=1S/C24H28Cl2N2OS/c1-5-24(4)15-23(2,3)12-13-28(16-24)22(29)19-10-6-8-17(27-19)14-30-20-11-7-9-18(25)21(20)26/h1,6-11H,5,12-16H2,2-4H3/t24-/m1/s1. The Balaban J connectivity index is 1.74. The Morgan fingerprint density at radius 1 is 1.20 bits per heavy atom. The van der Waals surface area contributed by atoms with Crippen molar-refractivity contribution < 1.29 is 4.79 Å². The molecule has 160 valence electrons. The van der Waals surface area contributed by atoms with Crippen LogP contribution in [-0.4, -0.2) is 28.9 Å². The summed E-state index contributed by atoms with van der Waals surface area (Å²) in [6.07, 6.45) is 2.52. The van der Waals surface area contributed by atoms with Crippen LogP contribution in [0.4, 0.5) is 0 Å². The summed E-state index contributed by atoms with van der Waals surface area (Å²) in [6, 6.07) is 11.2. The molecular formula is C24H28Cl2N2OS. The van der Waals surface area contributed by atoms with Crippen LogP contribution in [0, 0.1) is 17.8 Å². The zero-order chi connectivity index (χ0) is 21.9. The van der Waals surface area contributed by atoms with Crippen LogP contribution in [0.5, 0.6) is 0 Å². The lowest BCUT2D eigenvalue weighted by Gasteiger charge is -2.35. The number of aromatic nitrogens is 1. The van der Waals surface area contributed by atoms with Gasteiger partial charge in [0.05, 0.1) is 15.7 Å². The lowest BCUT2D eigenvalue weighted by molar-refractivity contribution is 0.0687. The third-order valence-electron chi connectivity index (χ3n) is 5.63. The monoisotopic (exact) mass is 462 g/mol. The molecule has 0 unspecified atom stereocenters. The molecular weight excluding hydrogens is 435 g/mol. The van der Waals surface area contributed by atoms with Crippen LogP contribution in [0.3, 0.4) is 0 Å². The van der Waals surface area contributed by atoms with Gasteiger partial charge in [0.1, 0.15) is 5.69 Å². The number of pyridine rings is 1. The van der Waals surface area contributed by atoms with Crippen molar-refractivity contribution in [2.45, 2.75) is 50.7 Å². The van der Waals surface area contributed by atoms with E-state index in [1.165, 1.54) is 0 Å². The predicted octanol–water partition coefficient (Wildman–Crippen LogP) is 7.05. The van der Waals surface area contributed by atoms with Crippen LogP contribution in [0.1, 0.15) is 56.2 Å². The summed E-state index contributed by atoms with van der Waals surface area (Å²) in [7, 11) is 0. The van der Waals surface area contributed by atoms with Gasteiger partial charge in [0.15, 0.2) is 0 Å². The Labute approximate surface area is 194 Å². The molecule has 2 aromatic rings. The fraction of sp³-hybridized carbons (Fsp3) is 0.458. The minimum atomic E-state index is -0.0908. The van der Waals surface area contributed by atoms with E-state index in [1.807, 2.05) is 29.2 Å². The van der Waals surface area contributed by atoms with Gasteiger partial charge in [-0.2, -0.15) is 0 Å². The van der Waals surface area contributed by atoms with Crippen LogP contribution in [0.25, 0.3) is 0 Å². The molecule has 0 saturated carbocycles. The quantitative estimate of drug-likeness (QED) is 0.446. The van der Waals surface area contributed by atoms with E-state index < -0.39 is 0 Å². The SMILES string of the molecule is [CH]C[C@@]1(C)CN(C(=O)c2cccc(CSc3cccc(Cl)c3Cl)n2)CCC(C)(C)C1. The molecule has 3 nitrogen and oxygen atoms in total. The molecule has 1 saturated heterocycles. The maximum Gasteiger partial charge on any atom is 0.272 e. The van der Waals surface area contributed by atoms with Gasteiger partial charge in [0.2, 0.25) is 0 Å². The lowest BCUT2D eigenvalue weighted by Crippen LogP contribution is -2.39. The number of likely N-dealkylation sites (tertiary alicyclic amines) is 1. The zero-order valence-corrected chi connectivity index (χ0v) is 20.1. The Hall–Kier alpha value is -1.23. The summed E-state index contributed by atoms with van der Waals surface area (Å²) < 4.78 is 0. The number of carbonyl (C=O) groups excluding carboxylic acids is 1. The maximum absolute atomic E-state index is 13.3. The molecule has 1 fully saturated rings. The van der Waals surface area contributed by atoms with Crippen molar-refractivity contribution in [3.05, 3.63) is 64.8 Å². The van der Waals surface area contributed by atoms with E-state index in [0.717, 1.165) is 30.0 Å².